The van der Waals surface area contributed by atoms with Gasteiger partial charge in [0, 0.05) is 115 Å². The van der Waals surface area contributed by atoms with Crippen molar-refractivity contribution in [2.45, 2.75) is 149 Å². The van der Waals surface area contributed by atoms with Crippen LogP contribution >= 0.6 is 34.8 Å². The molecule has 0 spiro atoms. The van der Waals surface area contributed by atoms with E-state index in [1.54, 1.807) is 12.3 Å². The lowest BCUT2D eigenvalue weighted by Gasteiger charge is -2.23. The maximum absolute atomic E-state index is 13.4. The Morgan fingerprint density at radius 2 is 0.826 bits per heavy atom. The van der Waals surface area contributed by atoms with Crippen LogP contribution in [0.15, 0.2) is 199 Å². The molecule has 13 aromatic rings. The van der Waals surface area contributed by atoms with Gasteiger partial charge in [0.05, 0.1) is 41.8 Å². The lowest BCUT2D eigenvalue weighted by Crippen LogP contribution is -2.45. The Balaban J connectivity index is 0.000000169. The molecule has 7 amide bonds. The number of aromatic nitrogens is 4. The number of hydrogen-bond donors (Lipinski definition) is 10. The van der Waals surface area contributed by atoms with Gasteiger partial charge in [-0.25, -0.2) is 44.2 Å². The first-order valence-corrected chi connectivity index (χ1v) is 49.8. The molecule has 1 saturated carbocycles. The van der Waals surface area contributed by atoms with Gasteiger partial charge in [0.2, 0.25) is 20.0 Å². The molecular weight excluding hydrogens is 1800 g/mol. The van der Waals surface area contributed by atoms with Crippen LogP contribution in [-0.4, -0.2) is 150 Å². The number of hydrogen-bond acceptors (Lipinski definition) is 16. The molecule has 9 aromatic carbocycles. The Hall–Kier alpha value is -12.2. The smallest absolute Gasteiger partial charge is 0.315 e. The third kappa shape index (κ3) is 25.8. The van der Waals surface area contributed by atoms with Gasteiger partial charge in [-0.05, 0) is 240 Å². The first kappa shape index (κ1) is 97.4. The molecule has 2 aliphatic rings. The van der Waals surface area contributed by atoms with E-state index in [2.05, 4.69) is 50.4 Å². The van der Waals surface area contributed by atoms with Gasteiger partial charge in [0.25, 0.3) is 39.6 Å². The molecule has 0 bridgehead atoms. The molecule has 0 atom stereocenters. The number of nitrogens with zero attached hydrogens (tertiary/aromatic N) is 1. The zero-order chi connectivity index (χ0) is 93.8. The van der Waals surface area contributed by atoms with Crippen LogP contribution in [0.2, 0.25) is 15.1 Å². The van der Waals surface area contributed by atoms with Crippen molar-refractivity contribution in [2.24, 2.45) is 0 Å². The highest BCUT2D eigenvalue weighted by atomic mass is 35.5. The second kappa shape index (κ2) is 44.8. The summed E-state index contributed by atoms with van der Waals surface area (Å²) in [6.07, 6.45) is 11.6. The first-order chi connectivity index (χ1) is 63.3. The maximum atomic E-state index is 13.4. The number of rotatable bonds is 34. The highest BCUT2D eigenvalue weighted by molar-refractivity contribution is 7.90. The van der Waals surface area contributed by atoms with Crippen molar-refractivity contribution >= 4 is 144 Å². The van der Waals surface area contributed by atoms with Crippen LogP contribution in [-0.2, 0) is 60.6 Å². The third-order valence-electron chi connectivity index (χ3n) is 23.0. The summed E-state index contributed by atoms with van der Waals surface area (Å²) in [6, 6.07) is 56.5. The standard InChI is InChI=1S/C38H37ClN4O5S.C32H34ClN3O6S.C29H37ClN4O5S/c1-25-21-28(22-26(2)35(25)39)48-19-10-15-31-29-13-6-8-16-33(29)41-36(31)38(45)42-49(46,47)20-18-40-37(44)32-24-43(23-27-11-4-3-5-12-27)34-17-9-7-14-30(32)34;1-20-17-24(18-21(2)29(20)33)42-14-6-10-27-26-9-3-4-11-28(26)35-30(27)32(38)36-43(39,40)25-8-5-7-22(19-25)31(37)34-23-12-15-41-16-13-23;1-19-17-22(18-20(2)26(19)30)39-15-8-12-24-23-11-6-7-13-25(23)33-27(24)28(35)34-40(37,38)16-14-31-29(36)32-21-9-4-3-5-10-21/h3-9,11-14,16-17,21-22,24,41H,10,15,18-20,23H2,1-2H3,(H,40,44)(H,42,45);3-5,7-9,11,17-19,23,35H,6,10,12-16H2,1-2H3,(H,34,37)(H,36,38);6-7,11,13,17-18,21,33H,3-5,8-10,12,14-16H2,1-2H3,(H,34,35)(H2,31,32,36). The van der Waals surface area contributed by atoms with Crippen molar-refractivity contribution in [1.29, 1.82) is 0 Å². The minimum atomic E-state index is -4.28. The highest BCUT2D eigenvalue weighted by Crippen LogP contribution is 2.34. The van der Waals surface area contributed by atoms with Crippen LogP contribution in [0.3, 0.4) is 0 Å². The monoisotopic (exact) mass is 1910 g/mol. The van der Waals surface area contributed by atoms with E-state index < -0.39 is 71.2 Å². The molecule has 5 heterocycles. The molecule has 1 saturated heterocycles. The van der Waals surface area contributed by atoms with Gasteiger partial charge < -0.3 is 59.7 Å². The fraction of sp³-hybridized carbons (Fsp3) is 0.313. The number of nitrogens with one attached hydrogen (secondary N) is 10. The lowest BCUT2D eigenvalue weighted by molar-refractivity contribution is 0.0695. The molecule has 4 aromatic heterocycles. The van der Waals surface area contributed by atoms with Crippen molar-refractivity contribution in [1.82, 2.24) is 55.0 Å². The summed E-state index contributed by atoms with van der Waals surface area (Å²) in [5.74, 6) is -1.78. The molecule has 1 aliphatic heterocycles. The van der Waals surface area contributed by atoms with Crippen molar-refractivity contribution in [2.75, 3.05) is 57.6 Å². The lowest BCUT2D eigenvalue weighted by atomic mass is 9.96. The van der Waals surface area contributed by atoms with Gasteiger partial charge in [0.1, 0.15) is 34.3 Å². The number of amides is 7. The van der Waals surface area contributed by atoms with Crippen molar-refractivity contribution in [3.63, 3.8) is 0 Å². The predicted octanol–water partition coefficient (Wildman–Crippen LogP) is 17.6. The van der Waals surface area contributed by atoms with Gasteiger partial charge in [-0.2, -0.15) is 0 Å². The first-order valence-electron chi connectivity index (χ1n) is 43.9. The second-order valence-corrected chi connectivity index (χ2v) is 39.5. The molecule has 10 N–H and O–H groups in total. The average molecular weight is 1910 g/mol. The summed E-state index contributed by atoms with van der Waals surface area (Å²) in [6.45, 7) is 14.2. The fourth-order valence-corrected chi connectivity index (χ4v) is 19.4. The molecule has 2 fully saturated rings. The summed E-state index contributed by atoms with van der Waals surface area (Å²) >= 11 is 18.8. The Bertz CT molecular complexity index is 6680. The SMILES string of the molecule is Cc1cc(OCCCc2c(C(=O)NS(=O)(=O)CCNC(=O)NC3CCCCC3)[nH]c3ccccc23)cc(C)c1Cl.Cc1cc(OCCCc2c(C(=O)NS(=O)(=O)CCNC(=O)c3cn(Cc4ccccc4)c4ccccc34)[nH]c3ccccc23)cc(C)c1Cl.Cc1cc(OCCCc2c(C(=O)NS(=O)(=O)c3cccc(C(=O)NC4CCOCC4)c3)[nH]c3ccccc23)cc(C)c1Cl. The van der Waals surface area contributed by atoms with E-state index in [9.17, 15) is 54.0 Å². The molecule has 694 valence electrons. The number of para-hydroxylation sites is 4. The number of aromatic amines is 3. The van der Waals surface area contributed by atoms with Crippen molar-refractivity contribution in [3.05, 3.63) is 293 Å². The minimum absolute atomic E-state index is 0.0357. The van der Waals surface area contributed by atoms with E-state index in [1.165, 1.54) is 24.6 Å². The normalized spacial score (nSPS) is 13.2. The third-order valence-corrected chi connectivity index (χ3v) is 28.6. The van der Waals surface area contributed by atoms with Gasteiger partial charge in [-0.3, -0.25) is 24.0 Å². The topological polar surface area (TPSA) is 378 Å². The quantitative estimate of drug-likeness (QED) is 0.0168. The predicted molar refractivity (Wildman–Crippen MR) is 517 cm³/mol. The van der Waals surface area contributed by atoms with Crippen LogP contribution in [0.25, 0.3) is 43.6 Å². The zero-order valence-electron chi connectivity index (χ0n) is 74.2. The molecule has 15 rings (SSSR count). The van der Waals surface area contributed by atoms with Crippen molar-refractivity contribution in [3.8, 4) is 17.2 Å². The van der Waals surface area contributed by atoms with E-state index in [4.69, 9.17) is 53.8 Å². The molecule has 0 unspecified atom stereocenters. The number of urea groups is 1. The molecular formula is C99H108Cl3N11O16S3. The summed E-state index contributed by atoms with van der Waals surface area (Å²) in [7, 11) is -12.3. The summed E-state index contributed by atoms with van der Waals surface area (Å²) < 4.78 is 110. The minimum Gasteiger partial charge on any atom is -0.494 e. The largest absolute Gasteiger partial charge is 0.494 e. The van der Waals surface area contributed by atoms with Crippen LogP contribution in [0.4, 0.5) is 4.79 Å². The maximum Gasteiger partial charge on any atom is 0.315 e. The molecule has 132 heavy (non-hydrogen) atoms. The summed E-state index contributed by atoms with van der Waals surface area (Å²) in [5.41, 5.74) is 13.1. The van der Waals surface area contributed by atoms with Crippen LogP contribution in [0.5, 0.6) is 17.2 Å². The van der Waals surface area contributed by atoms with Gasteiger partial charge in [-0.15, -0.1) is 0 Å². The van der Waals surface area contributed by atoms with E-state index >= 15 is 0 Å². The number of ether oxygens (including phenoxy) is 4. The van der Waals surface area contributed by atoms with Crippen LogP contribution in [0.1, 0.15) is 172 Å². The van der Waals surface area contributed by atoms with E-state index in [0.29, 0.717) is 129 Å². The summed E-state index contributed by atoms with van der Waals surface area (Å²) in [4.78, 5) is 87.1. The van der Waals surface area contributed by atoms with Crippen LogP contribution in [0, 0.1) is 41.5 Å². The Morgan fingerprint density at radius 3 is 1.28 bits per heavy atom. The van der Waals surface area contributed by atoms with Gasteiger partial charge in [0.15, 0.2) is 0 Å². The van der Waals surface area contributed by atoms with Crippen LogP contribution < -0.4 is 49.6 Å². The Morgan fingerprint density at radius 1 is 0.424 bits per heavy atom. The number of aryl methyl sites for hydroxylation is 9. The molecule has 1 aliphatic carbocycles. The average Bonchev–Trinajstić information content (AvgIpc) is 1.66. The van der Waals surface area contributed by atoms with Gasteiger partial charge in [-0.1, -0.05) is 163 Å². The van der Waals surface area contributed by atoms with Crippen molar-refractivity contribution < 1.29 is 73.0 Å². The molecule has 0 radical (unpaired) electrons. The number of carbonyl (C=O) groups excluding carboxylic acids is 6. The number of fused-ring (bicyclic) bond motifs is 4. The summed E-state index contributed by atoms with van der Waals surface area (Å²) in [5, 5.41) is 16.5. The second-order valence-electron chi connectivity index (χ2n) is 33.0. The highest BCUT2D eigenvalue weighted by Gasteiger charge is 2.29. The number of benzene rings is 9. The fourth-order valence-electron chi connectivity index (χ4n) is 16.4. The van der Waals surface area contributed by atoms with E-state index in [1.807, 2.05) is 210 Å². The number of carbonyl (C=O) groups is 6. The molecule has 33 heteroatoms. The number of sulfonamides is 3. The zero-order valence-corrected chi connectivity index (χ0v) is 78.9. The Labute approximate surface area is 783 Å². The van der Waals surface area contributed by atoms with E-state index in [-0.39, 0.29) is 58.6 Å². The molecule has 27 nitrogen and oxygen atoms in total. The number of H-pyrrole nitrogens is 3. The Kier molecular flexibility index (Phi) is 33.1. The van der Waals surface area contributed by atoms with E-state index in [0.717, 1.165) is 125 Å². The van der Waals surface area contributed by atoms with Gasteiger partial charge >= 0.3 is 6.03 Å². The number of halogens is 3.